The lowest BCUT2D eigenvalue weighted by Crippen LogP contribution is -2.03. The Labute approximate surface area is 144 Å². The third-order valence-electron chi connectivity index (χ3n) is 4.25. The van der Waals surface area contributed by atoms with Crippen molar-refractivity contribution in [2.24, 2.45) is 0 Å². The van der Waals surface area contributed by atoms with E-state index >= 15 is 0 Å². The minimum Gasteiger partial charge on any atom is -0.508 e. The predicted octanol–water partition coefficient (Wildman–Crippen LogP) is 3.89. The molecule has 4 rings (SSSR count). The quantitative estimate of drug-likeness (QED) is 0.637. The summed E-state index contributed by atoms with van der Waals surface area (Å²) >= 11 is 0. The van der Waals surface area contributed by atoms with Crippen LogP contribution in [0.2, 0.25) is 0 Å². The van der Waals surface area contributed by atoms with Gasteiger partial charge in [-0.25, -0.2) is 0 Å². The number of benzene rings is 2. The van der Waals surface area contributed by atoms with Gasteiger partial charge >= 0.3 is 0 Å². The molecule has 5 heteroatoms. The smallest absolute Gasteiger partial charge is 0.256 e. The van der Waals surface area contributed by atoms with E-state index in [1.807, 2.05) is 36.4 Å². The molecule has 5 nitrogen and oxygen atoms in total. The van der Waals surface area contributed by atoms with Gasteiger partial charge in [0.25, 0.3) is 5.91 Å². The lowest BCUT2D eigenvalue weighted by Gasteiger charge is -2.09. The summed E-state index contributed by atoms with van der Waals surface area (Å²) in [5.41, 5.74) is 4.77. The van der Waals surface area contributed by atoms with Gasteiger partial charge in [0.15, 0.2) is 0 Å². The number of carbonyl (C=O) groups excluding carboxylic acids is 1. The van der Waals surface area contributed by atoms with Crippen LogP contribution in [0.25, 0.3) is 22.8 Å². The van der Waals surface area contributed by atoms with Gasteiger partial charge in [0.1, 0.15) is 11.5 Å². The van der Waals surface area contributed by atoms with E-state index in [4.69, 9.17) is 4.74 Å². The van der Waals surface area contributed by atoms with Crippen LogP contribution in [0.15, 0.2) is 54.7 Å². The number of hydrogen-bond acceptors (Lipinski definition) is 3. The van der Waals surface area contributed by atoms with E-state index in [1.54, 1.807) is 31.5 Å². The lowest BCUT2D eigenvalue weighted by molar-refractivity contribution is -0.110. The largest absolute Gasteiger partial charge is 0.508 e. The number of anilines is 1. The molecule has 1 amide bonds. The highest BCUT2D eigenvalue weighted by atomic mass is 16.5. The molecule has 25 heavy (non-hydrogen) atoms. The van der Waals surface area contributed by atoms with Crippen LogP contribution in [0.3, 0.4) is 0 Å². The van der Waals surface area contributed by atoms with Gasteiger partial charge < -0.3 is 20.1 Å². The molecule has 1 aliphatic heterocycles. The normalized spacial score (nSPS) is 14.4. The van der Waals surface area contributed by atoms with Crippen LogP contribution in [0.5, 0.6) is 11.5 Å². The second-order valence-corrected chi connectivity index (χ2v) is 5.75. The van der Waals surface area contributed by atoms with Gasteiger partial charge in [-0.1, -0.05) is 24.3 Å². The maximum Gasteiger partial charge on any atom is 0.256 e. The first kappa shape index (κ1) is 15.1. The first-order valence-corrected chi connectivity index (χ1v) is 7.84. The fourth-order valence-corrected chi connectivity index (χ4v) is 3.07. The van der Waals surface area contributed by atoms with E-state index in [9.17, 15) is 9.90 Å². The number of phenolic OH excluding ortho intramolecular Hbond substituents is 1. The molecular formula is C20H16N2O3. The molecule has 3 aromatic rings. The number of aromatic nitrogens is 1. The number of phenols is 1. The number of fused-ring (bicyclic) bond motifs is 1. The van der Waals surface area contributed by atoms with E-state index in [0.29, 0.717) is 11.3 Å². The third kappa shape index (κ3) is 2.55. The average Bonchev–Trinajstić information content (AvgIpc) is 3.20. The van der Waals surface area contributed by atoms with E-state index in [0.717, 1.165) is 28.1 Å². The number of amides is 1. The minimum absolute atomic E-state index is 0.155. The number of aromatic hydroxyl groups is 1. The second-order valence-electron chi connectivity index (χ2n) is 5.75. The molecule has 0 spiro atoms. The van der Waals surface area contributed by atoms with Crippen molar-refractivity contribution in [3.63, 3.8) is 0 Å². The molecule has 0 fully saturated rings. The Hall–Kier alpha value is -3.47. The monoisotopic (exact) mass is 332 g/mol. The van der Waals surface area contributed by atoms with Gasteiger partial charge in [0, 0.05) is 17.4 Å². The Morgan fingerprint density at radius 3 is 2.64 bits per heavy atom. The zero-order valence-corrected chi connectivity index (χ0v) is 13.5. The highest BCUT2D eigenvalue weighted by molar-refractivity contribution is 6.36. The van der Waals surface area contributed by atoms with Crippen molar-refractivity contribution < 1.29 is 14.6 Å². The Balaban J connectivity index is 1.89. The van der Waals surface area contributed by atoms with Crippen molar-refractivity contribution in [2.45, 2.75) is 0 Å². The summed E-state index contributed by atoms with van der Waals surface area (Å²) in [5, 5.41) is 12.4. The van der Waals surface area contributed by atoms with E-state index in [2.05, 4.69) is 10.3 Å². The molecule has 0 radical (unpaired) electrons. The number of rotatable bonds is 3. The zero-order valence-electron chi connectivity index (χ0n) is 13.5. The first-order valence-electron chi connectivity index (χ1n) is 7.84. The fraction of sp³-hybridized carbons (Fsp3) is 0.0500. The predicted molar refractivity (Wildman–Crippen MR) is 97.4 cm³/mol. The molecule has 0 atom stereocenters. The topological polar surface area (TPSA) is 74.4 Å². The molecule has 2 heterocycles. The number of aromatic amines is 1. The van der Waals surface area contributed by atoms with Gasteiger partial charge in [0.2, 0.25) is 0 Å². The average molecular weight is 332 g/mol. The maximum absolute atomic E-state index is 12.5. The Morgan fingerprint density at radius 1 is 1.08 bits per heavy atom. The van der Waals surface area contributed by atoms with Gasteiger partial charge in [-0.2, -0.15) is 0 Å². The summed E-state index contributed by atoms with van der Waals surface area (Å²) in [6, 6.07) is 14.5. The second kappa shape index (κ2) is 5.87. The summed E-state index contributed by atoms with van der Waals surface area (Å²) in [6.07, 6.45) is 3.56. The number of nitrogens with one attached hydrogen (secondary N) is 2. The van der Waals surface area contributed by atoms with Crippen LogP contribution in [0.4, 0.5) is 5.69 Å². The van der Waals surface area contributed by atoms with E-state index < -0.39 is 0 Å². The van der Waals surface area contributed by atoms with E-state index in [-0.39, 0.29) is 11.7 Å². The maximum atomic E-state index is 12.5. The van der Waals surface area contributed by atoms with Crippen LogP contribution in [-0.2, 0) is 4.79 Å². The summed E-state index contributed by atoms with van der Waals surface area (Å²) in [7, 11) is 1.59. The van der Waals surface area contributed by atoms with Crippen LogP contribution in [-0.4, -0.2) is 23.1 Å². The first-order chi connectivity index (χ1) is 12.2. The highest BCUT2D eigenvalue weighted by Crippen LogP contribution is 2.41. The SMILES string of the molecule is COc1cc[nH]c1/C=C1\C(=O)Nc2cccc(-c3ccc(O)cc3)c21. The molecule has 0 bridgehead atoms. The van der Waals surface area contributed by atoms with Crippen molar-refractivity contribution in [2.75, 3.05) is 12.4 Å². The molecule has 3 N–H and O–H groups in total. The number of carbonyl (C=O) groups is 1. The minimum atomic E-state index is -0.155. The van der Waals surface area contributed by atoms with Crippen LogP contribution in [0, 0.1) is 0 Å². The number of methoxy groups -OCH3 is 1. The Bertz CT molecular complexity index is 984. The van der Waals surface area contributed by atoms with Crippen LogP contribution >= 0.6 is 0 Å². The third-order valence-corrected chi connectivity index (χ3v) is 4.25. The van der Waals surface area contributed by atoms with Gasteiger partial charge in [-0.15, -0.1) is 0 Å². The summed E-state index contributed by atoms with van der Waals surface area (Å²) in [4.78, 5) is 15.6. The molecule has 1 aliphatic rings. The molecule has 0 unspecified atom stereocenters. The number of H-pyrrole nitrogens is 1. The molecule has 0 aliphatic carbocycles. The summed E-state index contributed by atoms with van der Waals surface area (Å²) in [5.74, 6) is 0.728. The van der Waals surface area contributed by atoms with Gasteiger partial charge in [-0.3, -0.25) is 4.79 Å². The van der Waals surface area contributed by atoms with Crippen molar-refractivity contribution in [1.29, 1.82) is 0 Å². The fourth-order valence-electron chi connectivity index (χ4n) is 3.07. The molecule has 2 aromatic carbocycles. The van der Waals surface area contributed by atoms with Crippen molar-refractivity contribution >= 4 is 23.2 Å². The van der Waals surface area contributed by atoms with E-state index in [1.165, 1.54) is 0 Å². The highest BCUT2D eigenvalue weighted by Gasteiger charge is 2.27. The number of hydrogen-bond donors (Lipinski definition) is 3. The van der Waals surface area contributed by atoms with Gasteiger partial charge in [-0.05, 0) is 41.5 Å². The van der Waals surface area contributed by atoms with Crippen molar-refractivity contribution in [3.05, 3.63) is 66.0 Å². The van der Waals surface area contributed by atoms with Crippen molar-refractivity contribution in [1.82, 2.24) is 4.98 Å². The number of ether oxygens (including phenoxy) is 1. The van der Waals surface area contributed by atoms with Gasteiger partial charge in [0.05, 0.1) is 18.4 Å². The molecule has 124 valence electrons. The summed E-state index contributed by atoms with van der Waals surface area (Å²) < 4.78 is 5.31. The lowest BCUT2D eigenvalue weighted by atomic mass is 9.94. The molecular weight excluding hydrogens is 316 g/mol. The molecule has 0 saturated carbocycles. The Kier molecular flexibility index (Phi) is 3.54. The van der Waals surface area contributed by atoms with Crippen LogP contribution < -0.4 is 10.1 Å². The summed E-state index contributed by atoms with van der Waals surface area (Å²) in [6.45, 7) is 0. The van der Waals surface area contributed by atoms with Crippen molar-refractivity contribution in [3.8, 4) is 22.6 Å². The van der Waals surface area contributed by atoms with Crippen LogP contribution in [0.1, 0.15) is 11.3 Å². The zero-order chi connectivity index (χ0) is 17.4. The standard InChI is InChI=1S/C20H16N2O3/c1-25-18-9-10-21-17(18)11-15-19-14(12-5-7-13(23)8-6-12)3-2-4-16(19)22-20(15)24/h2-11,21,23H,1H3,(H,22,24)/b15-11-. The molecule has 1 aromatic heterocycles. The Morgan fingerprint density at radius 2 is 1.88 bits per heavy atom. The molecule has 0 saturated heterocycles.